The Balaban J connectivity index is 2.15. The van der Waals surface area contributed by atoms with Gasteiger partial charge in [0.05, 0.1) is 16.8 Å². The van der Waals surface area contributed by atoms with Crippen LogP contribution in [0.2, 0.25) is 0 Å². The molecule has 2 amide bonds. The Morgan fingerprint density at radius 1 is 1.22 bits per heavy atom. The third kappa shape index (κ3) is 6.36. The topological polar surface area (TPSA) is 107 Å². The average molecular weight is 370 g/mol. The number of rotatable bonds is 9. The quantitative estimate of drug-likeness (QED) is 0.304. The number of hydrogen-bond acceptors (Lipinski definition) is 5. The first-order valence-electron chi connectivity index (χ1n) is 9.15. The summed E-state index contributed by atoms with van der Waals surface area (Å²) in [6, 6.07) is 8.56. The lowest BCUT2D eigenvalue weighted by Gasteiger charge is -2.10. The van der Waals surface area contributed by atoms with Crippen LogP contribution in [0.25, 0.3) is 10.9 Å². The van der Waals surface area contributed by atoms with Gasteiger partial charge in [0, 0.05) is 11.1 Å². The number of aryl methyl sites for hydroxylation is 1. The summed E-state index contributed by atoms with van der Waals surface area (Å²) in [7, 11) is 0. The van der Waals surface area contributed by atoms with Gasteiger partial charge in [0.15, 0.2) is 0 Å². The molecule has 1 heterocycles. The van der Waals surface area contributed by atoms with Gasteiger partial charge in [0.1, 0.15) is 6.61 Å². The number of benzene rings is 1. The van der Waals surface area contributed by atoms with E-state index in [2.05, 4.69) is 22.4 Å². The van der Waals surface area contributed by atoms with E-state index in [0.29, 0.717) is 11.3 Å². The van der Waals surface area contributed by atoms with Crippen LogP contribution >= 0.6 is 0 Å². The summed E-state index contributed by atoms with van der Waals surface area (Å²) in [6.45, 7) is 3.77. The van der Waals surface area contributed by atoms with Crippen LogP contribution in [0.15, 0.2) is 35.4 Å². The molecule has 0 bridgehead atoms. The molecule has 0 aliphatic heterocycles. The summed E-state index contributed by atoms with van der Waals surface area (Å²) in [5, 5.41) is 4.48. The monoisotopic (exact) mass is 370 g/mol. The fraction of sp³-hybridized carbons (Fsp3) is 0.400. The van der Waals surface area contributed by atoms with Crippen molar-refractivity contribution in [2.45, 2.75) is 46.0 Å². The number of hydrogen-bond donors (Lipinski definition) is 2. The van der Waals surface area contributed by atoms with E-state index in [0.717, 1.165) is 35.9 Å². The van der Waals surface area contributed by atoms with Crippen molar-refractivity contribution < 1.29 is 14.3 Å². The van der Waals surface area contributed by atoms with Gasteiger partial charge in [-0.25, -0.2) is 15.0 Å². The number of nitrogens with one attached hydrogen (secondary N) is 1. The SMILES string of the molecule is CCCCCCc1cc(C(=O)OC/C(C)=N/NC(N)=O)c2ccccc2n1. The molecule has 7 nitrogen and oxygen atoms in total. The molecule has 7 heteroatoms. The van der Waals surface area contributed by atoms with Gasteiger partial charge in [-0.2, -0.15) is 5.10 Å². The highest BCUT2D eigenvalue weighted by molar-refractivity contribution is 6.04. The number of pyridine rings is 1. The van der Waals surface area contributed by atoms with Crippen LogP contribution in [-0.2, 0) is 11.2 Å². The van der Waals surface area contributed by atoms with Crippen molar-refractivity contribution in [3.63, 3.8) is 0 Å². The highest BCUT2D eigenvalue weighted by atomic mass is 16.5. The summed E-state index contributed by atoms with van der Waals surface area (Å²) in [6.07, 6.45) is 5.38. The normalized spacial score (nSPS) is 11.4. The summed E-state index contributed by atoms with van der Waals surface area (Å²) in [4.78, 5) is 27.9. The number of unbranched alkanes of at least 4 members (excludes halogenated alkanes) is 3. The lowest BCUT2D eigenvalue weighted by molar-refractivity contribution is 0.0565. The van der Waals surface area contributed by atoms with E-state index < -0.39 is 12.0 Å². The molecule has 0 aliphatic rings. The standard InChI is InChI=1S/C20H26N4O3/c1-3-4-5-6-9-15-12-17(16-10-7-8-11-18(16)22-15)19(25)27-13-14(2)23-24-20(21)26/h7-8,10-12H,3-6,9,13H2,1-2H3,(H3,21,24,26)/b23-14+. The molecule has 0 fully saturated rings. The second-order valence-electron chi connectivity index (χ2n) is 6.39. The number of para-hydroxylation sites is 1. The summed E-state index contributed by atoms with van der Waals surface area (Å²) in [5.41, 5.74) is 9.64. The van der Waals surface area contributed by atoms with Crippen molar-refractivity contribution in [1.82, 2.24) is 10.4 Å². The van der Waals surface area contributed by atoms with Gasteiger partial charge in [-0.05, 0) is 31.9 Å². The highest BCUT2D eigenvalue weighted by Gasteiger charge is 2.14. The minimum Gasteiger partial charge on any atom is -0.456 e. The predicted molar refractivity (Wildman–Crippen MR) is 106 cm³/mol. The summed E-state index contributed by atoms with van der Waals surface area (Å²) in [5.74, 6) is -0.447. The molecule has 0 aliphatic carbocycles. The van der Waals surface area contributed by atoms with Crippen LogP contribution in [0.5, 0.6) is 0 Å². The number of carbonyl (C=O) groups excluding carboxylic acids is 2. The number of ether oxygens (including phenoxy) is 1. The molecule has 3 N–H and O–H groups in total. The molecule has 0 saturated heterocycles. The molecular formula is C20H26N4O3. The minimum absolute atomic E-state index is 0.0401. The first kappa shape index (κ1) is 20.4. The van der Waals surface area contributed by atoms with Crippen LogP contribution in [0.4, 0.5) is 4.79 Å². The number of hydrazone groups is 1. The number of carbonyl (C=O) groups is 2. The first-order chi connectivity index (χ1) is 13.0. The Labute approximate surface area is 159 Å². The Kier molecular flexibility index (Phi) is 7.73. The van der Waals surface area contributed by atoms with Crippen LogP contribution in [0.1, 0.15) is 55.6 Å². The third-order valence-corrected chi connectivity index (χ3v) is 4.04. The van der Waals surface area contributed by atoms with Gasteiger partial charge in [0.2, 0.25) is 0 Å². The van der Waals surface area contributed by atoms with Crippen molar-refractivity contribution >= 4 is 28.6 Å². The molecule has 0 saturated carbocycles. The average Bonchev–Trinajstić information content (AvgIpc) is 2.67. The maximum absolute atomic E-state index is 12.6. The third-order valence-electron chi connectivity index (χ3n) is 4.04. The van der Waals surface area contributed by atoms with Crippen LogP contribution in [-0.4, -0.2) is 29.3 Å². The molecule has 0 unspecified atom stereocenters. The Bertz CT molecular complexity index is 833. The number of primary amides is 1. The number of esters is 1. The van der Waals surface area contributed by atoms with E-state index in [4.69, 9.17) is 10.5 Å². The molecule has 27 heavy (non-hydrogen) atoms. The molecule has 0 spiro atoms. The zero-order valence-electron chi connectivity index (χ0n) is 15.8. The van der Waals surface area contributed by atoms with E-state index in [1.165, 1.54) is 12.8 Å². The molecular weight excluding hydrogens is 344 g/mol. The van der Waals surface area contributed by atoms with E-state index >= 15 is 0 Å². The molecule has 2 rings (SSSR count). The number of aromatic nitrogens is 1. The Hall–Kier alpha value is -2.96. The zero-order chi connectivity index (χ0) is 19.6. The maximum Gasteiger partial charge on any atom is 0.339 e. The van der Waals surface area contributed by atoms with Crippen LogP contribution in [0, 0.1) is 0 Å². The molecule has 144 valence electrons. The number of urea groups is 1. The van der Waals surface area contributed by atoms with Crippen molar-refractivity contribution in [3.8, 4) is 0 Å². The van der Waals surface area contributed by atoms with Gasteiger partial charge in [-0.3, -0.25) is 4.98 Å². The van der Waals surface area contributed by atoms with Gasteiger partial charge < -0.3 is 10.5 Å². The van der Waals surface area contributed by atoms with Crippen molar-refractivity contribution in [3.05, 3.63) is 41.6 Å². The van der Waals surface area contributed by atoms with Crippen LogP contribution < -0.4 is 11.2 Å². The molecule has 1 aromatic carbocycles. The molecule has 1 aromatic heterocycles. The van der Waals surface area contributed by atoms with Gasteiger partial charge in [-0.15, -0.1) is 0 Å². The molecule has 0 radical (unpaired) electrons. The Morgan fingerprint density at radius 3 is 2.74 bits per heavy atom. The number of nitrogens with two attached hydrogens (primary N) is 1. The zero-order valence-corrected chi connectivity index (χ0v) is 15.8. The Morgan fingerprint density at radius 2 is 2.00 bits per heavy atom. The van der Waals surface area contributed by atoms with Crippen LogP contribution in [0.3, 0.4) is 0 Å². The van der Waals surface area contributed by atoms with Gasteiger partial charge >= 0.3 is 12.0 Å². The maximum atomic E-state index is 12.6. The minimum atomic E-state index is -0.770. The lowest BCUT2D eigenvalue weighted by Crippen LogP contribution is -2.26. The summed E-state index contributed by atoms with van der Waals surface area (Å²) < 4.78 is 5.34. The van der Waals surface area contributed by atoms with E-state index in [1.807, 2.05) is 30.3 Å². The van der Waals surface area contributed by atoms with E-state index in [9.17, 15) is 9.59 Å². The fourth-order valence-corrected chi connectivity index (χ4v) is 2.69. The predicted octanol–water partition coefficient (Wildman–Crippen LogP) is 3.56. The second-order valence-corrected chi connectivity index (χ2v) is 6.39. The lowest BCUT2D eigenvalue weighted by atomic mass is 10.0. The van der Waals surface area contributed by atoms with Crippen molar-refractivity contribution in [2.24, 2.45) is 10.8 Å². The number of fused-ring (bicyclic) bond motifs is 1. The first-order valence-corrected chi connectivity index (χ1v) is 9.15. The number of nitrogens with zero attached hydrogens (tertiary/aromatic N) is 2. The summed E-state index contributed by atoms with van der Waals surface area (Å²) >= 11 is 0. The second kappa shape index (κ2) is 10.3. The van der Waals surface area contributed by atoms with Crippen molar-refractivity contribution in [1.29, 1.82) is 0 Å². The van der Waals surface area contributed by atoms with Gasteiger partial charge in [0.25, 0.3) is 0 Å². The van der Waals surface area contributed by atoms with E-state index in [1.54, 1.807) is 6.92 Å². The largest absolute Gasteiger partial charge is 0.456 e. The molecule has 2 aromatic rings. The fourth-order valence-electron chi connectivity index (χ4n) is 2.69. The van der Waals surface area contributed by atoms with E-state index in [-0.39, 0.29) is 6.61 Å². The van der Waals surface area contributed by atoms with Crippen molar-refractivity contribution in [2.75, 3.05) is 6.61 Å². The number of amides is 2. The molecule has 0 atom stereocenters. The highest BCUT2D eigenvalue weighted by Crippen LogP contribution is 2.20. The van der Waals surface area contributed by atoms with Gasteiger partial charge in [-0.1, -0.05) is 44.4 Å². The smallest absolute Gasteiger partial charge is 0.339 e.